The first-order chi connectivity index (χ1) is 1.00. The van der Waals surface area contributed by atoms with Gasteiger partial charge in [0.1, 0.15) is 5.59 Å². The van der Waals surface area contributed by atoms with Gasteiger partial charge in [0.2, 0.25) is 0 Å². The molecule has 0 aliphatic carbocycles. The van der Waals surface area contributed by atoms with Gasteiger partial charge in [0.15, 0.2) is 0 Å². The van der Waals surface area contributed by atoms with Crippen LogP contribution in [0.1, 0.15) is 0 Å². The average Bonchev–Trinajstić information content (AvgIpc) is 1.00. The second-order valence-corrected chi connectivity index (χ2v) is 0. The molecule has 0 bridgehead atoms. The van der Waals surface area contributed by atoms with E-state index >= 15 is 0 Å². The Morgan fingerprint density at radius 2 is 1.25 bits per heavy atom. The molecule has 0 aliphatic rings. The van der Waals surface area contributed by atoms with Crippen molar-refractivity contribution in [1.29, 1.82) is 0 Å². The summed E-state index contributed by atoms with van der Waals surface area (Å²) < 4.78 is 0. The maximum Gasteiger partial charge on any atom is 0.120 e. The van der Waals surface area contributed by atoms with Gasteiger partial charge in [-0.25, -0.2) is 0 Å². The number of hydrogen-bond acceptors (Lipinski definition) is 1. The quantitative estimate of drug-likeness (QED) is 0.368. The molecule has 0 rings (SSSR count). The van der Waals surface area contributed by atoms with E-state index in [2.05, 4.69) is 0 Å². The van der Waals surface area contributed by atoms with E-state index in [1.54, 1.807) is 0 Å². The minimum atomic E-state index is 0. The zero-order valence-corrected chi connectivity index (χ0v) is 4.97. The molecule has 0 saturated heterocycles. The molecule has 0 saturated carbocycles. The minimum absolute atomic E-state index is 0. The van der Waals surface area contributed by atoms with Crippen molar-refractivity contribution in [2.45, 2.75) is 0 Å². The maximum absolute atomic E-state index is 7.25. The summed E-state index contributed by atoms with van der Waals surface area (Å²) in [6, 6.07) is 0. The predicted octanol–water partition coefficient (Wildman–Crippen LogP) is -0.830. The first-order valence-corrected chi connectivity index (χ1v) is 0.183. The van der Waals surface area contributed by atoms with E-state index in [4.69, 9.17) is 10.5 Å². The van der Waals surface area contributed by atoms with Gasteiger partial charge in [0, 0.05) is 43.2 Å². The molecule has 0 atom stereocenters. The van der Waals surface area contributed by atoms with E-state index < -0.39 is 0 Å². The molecule has 0 amide bonds. The number of nitrogens with zero attached hydrogens (tertiary/aromatic N) is 1. The van der Waals surface area contributed by atoms with Crippen LogP contribution in [0.4, 0.5) is 0 Å². The molecule has 4 heavy (non-hydrogen) atoms. The topological polar surface area (TPSA) is 39.4 Å². The molecule has 0 heterocycles. The number of hydrogen-bond donors (Lipinski definition) is 0. The fraction of sp³-hybridized carbons (Fsp3) is 0. The van der Waals surface area contributed by atoms with E-state index in [1.807, 2.05) is 0 Å². The zero-order chi connectivity index (χ0) is 2.00. The van der Waals surface area contributed by atoms with Crippen molar-refractivity contribution < 1.29 is 25.8 Å². The van der Waals surface area contributed by atoms with Crippen LogP contribution in [0.5, 0.6) is 0 Å². The van der Waals surface area contributed by atoms with Gasteiger partial charge in [-0.3, -0.25) is 0 Å². The molecule has 4 heteroatoms. The van der Waals surface area contributed by atoms with Gasteiger partial charge in [-0.1, -0.05) is 0 Å². The van der Waals surface area contributed by atoms with Crippen LogP contribution in [0, 0.1) is 4.91 Å². The van der Waals surface area contributed by atoms with E-state index in [9.17, 15) is 0 Å². The van der Waals surface area contributed by atoms with Crippen molar-refractivity contribution in [2.75, 3.05) is 0 Å². The van der Waals surface area contributed by atoms with E-state index in [1.165, 1.54) is 0 Å². The molecule has 2 nitrogen and oxygen atoms in total. The van der Waals surface area contributed by atoms with Gasteiger partial charge >= 0.3 is 0 Å². The van der Waals surface area contributed by atoms with E-state index in [0.29, 0.717) is 0 Å². The molecule has 0 spiro atoms. The monoisotopic (exact) mass is 102 g/mol. The van der Waals surface area contributed by atoms with Crippen LogP contribution in [0.25, 0.3) is 0 Å². The molecule has 0 fully saturated rings. The number of rotatable bonds is 0. The second-order valence-electron chi connectivity index (χ2n) is 0. The first-order valence-electron chi connectivity index (χ1n) is 0.183. The Balaban J connectivity index is -0.00000000500. The van der Waals surface area contributed by atoms with Gasteiger partial charge in [-0.15, -0.1) is 4.91 Å². The van der Waals surface area contributed by atoms with Crippen LogP contribution < -0.4 is 5.59 Å². The third kappa shape index (κ3) is 12.0. The fourth-order valence-corrected chi connectivity index (χ4v) is 0. The largest absolute Gasteiger partial charge is 0.120 e. The summed E-state index contributed by atoms with van der Waals surface area (Å²) in [7, 11) is 0. The van der Waals surface area contributed by atoms with Crippen molar-refractivity contribution in [3.63, 3.8) is 0 Å². The van der Waals surface area contributed by atoms with Gasteiger partial charge in [-0.2, -0.15) is 0 Å². The molecule has 0 N–H and O–H groups in total. The Hall–Kier alpha value is 1.00. The molecular formula is AlNOSc. The number of nitroso groups, excluding NO2 is 1. The summed E-state index contributed by atoms with van der Waals surface area (Å²) in [4.78, 5) is 7.25. The summed E-state index contributed by atoms with van der Waals surface area (Å²) in [5.74, 6) is 0. The molecule has 0 aromatic rings. The van der Waals surface area contributed by atoms with Crippen molar-refractivity contribution in [3.05, 3.63) is 4.91 Å². The molecular weight excluding hydrogens is 102 g/mol. The van der Waals surface area contributed by atoms with Crippen molar-refractivity contribution in [2.24, 2.45) is 0 Å². The first kappa shape index (κ1) is 20.0. The van der Waals surface area contributed by atoms with Gasteiger partial charge in [0.25, 0.3) is 0 Å². The molecule has 0 aromatic heterocycles. The van der Waals surface area contributed by atoms with E-state index in [0.717, 1.165) is 0 Å². The van der Waals surface area contributed by atoms with E-state index in [-0.39, 0.29) is 43.2 Å². The Morgan fingerprint density at radius 3 is 1.25 bits per heavy atom. The maximum atomic E-state index is 7.25. The van der Waals surface area contributed by atoms with Gasteiger partial charge < -0.3 is 0 Å². The average molecular weight is 102 g/mol. The van der Waals surface area contributed by atoms with Gasteiger partial charge in [0.05, 0.1) is 0 Å². The summed E-state index contributed by atoms with van der Waals surface area (Å²) in [6.45, 7) is 0. The van der Waals surface area contributed by atoms with Crippen LogP contribution >= 0.6 is 0 Å². The second kappa shape index (κ2) is 35.9. The predicted molar refractivity (Wildman–Crippen MR) is 11.3 cm³/mol. The van der Waals surface area contributed by atoms with Crippen molar-refractivity contribution in [3.8, 4) is 0 Å². The van der Waals surface area contributed by atoms with Crippen LogP contribution in [0.15, 0.2) is 0 Å². The van der Waals surface area contributed by atoms with Crippen molar-refractivity contribution in [1.82, 2.24) is 5.59 Å². The summed E-state index contributed by atoms with van der Waals surface area (Å²) in [5.41, 5.74) is 5.75. The molecule has 0 aromatic carbocycles. The van der Waals surface area contributed by atoms with Crippen LogP contribution in [0.3, 0.4) is 0 Å². The standard InChI is InChI=1S/Al.NO.Sc/c;1-2;. The summed E-state index contributed by atoms with van der Waals surface area (Å²) in [6.07, 6.45) is 0. The smallest absolute Gasteiger partial charge is 0.120 e. The summed E-state index contributed by atoms with van der Waals surface area (Å²) >= 11 is 0. The van der Waals surface area contributed by atoms with Crippen LogP contribution in [0.2, 0.25) is 0 Å². The normalized spacial score (nSPS) is 1.00. The van der Waals surface area contributed by atoms with Crippen LogP contribution in [-0.2, 0) is 25.8 Å². The summed E-state index contributed by atoms with van der Waals surface area (Å²) in [5, 5.41) is 0. The van der Waals surface area contributed by atoms with Gasteiger partial charge in [-0.05, 0) is 0 Å². The zero-order valence-electron chi connectivity index (χ0n) is 2.01. The third-order valence-corrected chi connectivity index (χ3v) is 0. The Bertz CT molecular complexity index is 8.00. The van der Waals surface area contributed by atoms with Crippen molar-refractivity contribution >= 4 is 17.4 Å². The Kier molecular flexibility index (Phi) is 179. The minimum Gasteiger partial charge on any atom is -0.120 e. The molecule has 17 valence electrons. The van der Waals surface area contributed by atoms with Crippen LogP contribution in [-0.4, -0.2) is 17.4 Å². The molecule has 0 unspecified atom stereocenters. The molecule has 0 aliphatic heterocycles. The Morgan fingerprint density at radius 1 is 1.25 bits per heavy atom. The Labute approximate surface area is 53.6 Å². The molecule has 5 radical (unpaired) electrons. The third-order valence-electron chi connectivity index (χ3n) is 0. The SMILES string of the molecule is [Al].[N]=O.[Sc]. The fourth-order valence-electron chi connectivity index (χ4n) is 0.